The first-order valence-corrected chi connectivity index (χ1v) is 7.16. The minimum Gasteiger partial charge on any atom is -0.465 e. The van der Waals surface area contributed by atoms with Gasteiger partial charge in [0.25, 0.3) is 5.69 Å². The summed E-state index contributed by atoms with van der Waals surface area (Å²) in [5, 5.41) is 16.4. The Balaban J connectivity index is 0.00000242. The molecule has 120 valence electrons. The van der Waals surface area contributed by atoms with Crippen molar-refractivity contribution in [2.75, 3.05) is 24.1 Å². The van der Waals surface area contributed by atoms with Gasteiger partial charge in [0, 0.05) is 29.4 Å². The van der Waals surface area contributed by atoms with E-state index in [1.807, 2.05) is 0 Å². The van der Waals surface area contributed by atoms with Gasteiger partial charge in [0.05, 0.1) is 23.6 Å². The number of hydrogen-bond donors (Lipinski definition) is 2. The van der Waals surface area contributed by atoms with Crippen molar-refractivity contribution < 1.29 is 19.2 Å². The number of benzene rings is 1. The van der Waals surface area contributed by atoms with Gasteiger partial charge in [-0.3, -0.25) is 20.2 Å². The number of esters is 1. The van der Waals surface area contributed by atoms with Gasteiger partial charge in [-0.25, -0.2) is 4.79 Å². The highest BCUT2D eigenvalue weighted by molar-refractivity contribution is 7.99. The molecule has 1 amide bonds. The zero-order valence-electron chi connectivity index (χ0n) is 11.5. The number of carbonyl (C=O) groups excluding carboxylic acids is 2. The number of amides is 1. The lowest BCUT2D eigenvalue weighted by molar-refractivity contribution is -0.384. The van der Waals surface area contributed by atoms with Gasteiger partial charge in [-0.1, -0.05) is 0 Å². The van der Waals surface area contributed by atoms with Crippen LogP contribution in [0.4, 0.5) is 11.4 Å². The first-order chi connectivity index (χ1) is 10.0. The van der Waals surface area contributed by atoms with Crippen LogP contribution in [-0.2, 0) is 9.53 Å². The number of anilines is 1. The Morgan fingerprint density at radius 2 is 2.18 bits per heavy atom. The maximum atomic E-state index is 12.0. The highest BCUT2D eigenvalue weighted by Gasteiger charge is 2.23. The molecule has 2 N–H and O–H groups in total. The van der Waals surface area contributed by atoms with Crippen LogP contribution >= 0.6 is 24.2 Å². The number of nitrogens with one attached hydrogen (secondary N) is 2. The summed E-state index contributed by atoms with van der Waals surface area (Å²) in [6, 6.07) is 3.30. The zero-order chi connectivity index (χ0) is 15.4. The Labute approximate surface area is 136 Å². The molecule has 0 bridgehead atoms. The van der Waals surface area contributed by atoms with E-state index in [-0.39, 0.29) is 41.3 Å². The largest absolute Gasteiger partial charge is 0.465 e. The standard InChI is InChI=1S/C12H13N3O5S.ClH/c1-20-12(17)7-2-8(4-9(3-7)15(18)19)14-11(16)10-5-21-6-13-10;/h2-4,10,13H,5-6H2,1H3,(H,14,16);1H. The van der Waals surface area contributed by atoms with Crippen LogP contribution in [0, 0.1) is 10.1 Å². The highest BCUT2D eigenvalue weighted by atomic mass is 35.5. The summed E-state index contributed by atoms with van der Waals surface area (Å²) in [5.74, 6) is 0.311. The van der Waals surface area contributed by atoms with Crippen molar-refractivity contribution in [1.29, 1.82) is 0 Å². The van der Waals surface area contributed by atoms with Gasteiger partial charge in [0.2, 0.25) is 5.91 Å². The van der Waals surface area contributed by atoms with Gasteiger partial charge >= 0.3 is 5.97 Å². The molecule has 1 aromatic rings. The van der Waals surface area contributed by atoms with E-state index in [4.69, 9.17) is 0 Å². The third-order valence-electron chi connectivity index (χ3n) is 2.85. The first-order valence-electron chi connectivity index (χ1n) is 6.01. The fourth-order valence-electron chi connectivity index (χ4n) is 1.82. The predicted molar refractivity (Wildman–Crippen MR) is 84.6 cm³/mol. The number of nitro groups is 1. The van der Waals surface area contributed by atoms with Crippen molar-refractivity contribution in [2.45, 2.75) is 6.04 Å². The lowest BCUT2D eigenvalue weighted by Crippen LogP contribution is -2.37. The molecular formula is C12H14ClN3O5S. The average Bonchev–Trinajstić information content (AvgIpc) is 3.00. The molecule has 0 aliphatic carbocycles. The number of rotatable bonds is 4. The van der Waals surface area contributed by atoms with Crippen LogP contribution in [0.2, 0.25) is 0 Å². The molecule has 1 aliphatic heterocycles. The van der Waals surface area contributed by atoms with Crippen molar-refractivity contribution in [3.05, 3.63) is 33.9 Å². The van der Waals surface area contributed by atoms with Gasteiger partial charge in [0.1, 0.15) is 0 Å². The number of non-ortho nitro benzene ring substituents is 1. The molecule has 1 saturated heterocycles. The van der Waals surface area contributed by atoms with Crippen molar-refractivity contribution in [1.82, 2.24) is 5.32 Å². The van der Waals surface area contributed by atoms with Crippen molar-refractivity contribution in [2.24, 2.45) is 0 Å². The zero-order valence-corrected chi connectivity index (χ0v) is 13.2. The van der Waals surface area contributed by atoms with E-state index in [9.17, 15) is 19.7 Å². The molecule has 1 aliphatic rings. The minimum absolute atomic E-state index is 0. The maximum Gasteiger partial charge on any atom is 0.338 e. The van der Waals surface area contributed by atoms with Gasteiger partial charge in [-0.05, 0) is 6.07 Å². The highest BCUT2D eigenvalue weighted by Crippen LogP contribution is 2.22. The number of nitrogens with zero attached hydrogens (tertiary/aromatic N) is 1. The molecule has 1 atom stereocenters. The van der Waals surface area contributed by atoms with E-state index >= 15 is 0 Å². The van der Waals surface area contributed by atoms with E-state index in [1.54, 1.807) is 11.8 Å². The fraction of sp³-hybridized carbons (Fsp3) is 0.333. The van der Waals surface area contributed by atoms with E-state index in [1.165, 1.54) is 19.2 Å². The van der Waals surface area contributed by atoms with Crippen LogP contribution in [0.15, 0.2) is 18.2 Å². The Kier molecular flexibility index (Phi) is 6.60. The molecule has 8 nitrogen and oxygen atoms in total. The lowest BCUT2D eigenvalue weighted by atomic mass is 10.1. The fourth-order valence-corrected chi connectivity index (χ4v) is 2.76. The number of hydrogen-bond acceptors (Lipinski definition) is 7. The molecule has 0 radical (unpaired) electrons. The predicted octanol–water partition coefficient (Wildman–Crippen LogP) is 1.40. The molecule has 22 heavy (non-hydrogen) atoms. The summed E-state index contributed by atoms with van der Waals surface area (Å²) in [6.07, 6.45) is 0. The minimum atomic E-state index is -0.705. The molecule has 0 aromatic heterocycles. The Morgan fingerprint density at radius 3 is 2.73 bits per heavy atom. The molecule has 1 aromatic carbocycles. The summed E-state index contributed by atoms with van der Waals surface area (Å²) in [5.41, 5.74) is -0.0917. The maximum absolute atomic E-state index is 12.0. The average molecular weight is 348 g/mol. The van der Waals surface area contributed by atoms with E-state index in [2.05, 4.69) is 15.4 Å². The Morgan fingerprint density at radius 1 is 1.45 bits per heavy atom. The third-order valence-corrected chi connectivity index (χ3v) is 3.79. The molecular weight excluding hydrogens is 334 g/mol. The topological polar surface area (TPSA) is 111 Å². The van der Waals surface area contributed by atoms with E-state index in [0.29, 0.717) is 11.6 Å². The van der Waals surface area contributed by atoms with Gasteiger partial charge in [0.15, 0.2) is 0 Å². The van der Waals surface area contributed by atoms with E-state index in [0.717, 1.165) is 6.07 Å². The van der Waals surface area contributed by atoms with Gasteiger partial charge in [-0.2, -0.15) is 0 Å². The molecule has 1 heterocycles. The van der Waals surface area contributed by atoms with Crippen molar-refractivity contribution in [3.8, 4) is 0 Å². The van der Waals surface area contributed by atoms with Crippen LogP contribution in [0.5, 0.6) is 0 Å². The van der Waals surface area contributed by atoms with Crippen LogP contribution in [-0.4, -0.2) is 41.6 Å². The molecule has 10 heteroatoms. The first kappa shape index (κ1) is 18.2. The summed E-state index contributed by atoms with van der Waals surface area (Å²) in [4.78, 5) is 33.7. The smallest absolute Gasteiger partial charge is 0.338 e. The number of carbonyl (C=O) groups is 2. The third kappa shape index (κ3) is 4.33. The van der Waals surface area contributed by atoms with Crippen LogP contribution in [0.25, 0.3) is 0 Å². The number of methoxy groups -OCH3 is 1. The molecule has 0 spiro atoms. The van der Waals surface area contributed by atoms with Crippen molar-refractivity contribution in [3.63, 3.8) is 0 Å². The number of nitro benzene ring substituents is 1. The second-order valence-electron chi connectivity index (χ2n) is 4.28. The Bertz CT molecular complexity index is 592. The molecule has 1 fully saturated rings. The van der Waals surface area contributed by atoms with E-state index < -0.39 is 10.9 Å². The molecule has 1 unspecified atom stereocenters. The SMILES string of the molecule is COC(=O)c1cc(NC(=O)C2CSCN2)cc([N+](=O)[O-])c1.Cl. The monoisotopic (exact) mass is 347 g/mol. The molecule has 0 saturated carbocycles. The lowest BCUT2D eigenvalue weighted by Gasteiger charge is -2.11. The van der Waals surface area contributed by atoms with Crippen LogP contribution < -0.4 is 10.6 Å². The molecule has 2 rings (SSSR count). The Hall–Kier alpha value is -1.84. The van der Waals surface area contributed by atoms with Crippen LogP contribution in [0.1, 0.15) is 10.4 Å². The normalized spacial score (nSPS) is 16.5. The quantitative estimate of drug-likeness (QED) is 0.481. The van der Waals surface area contributed by atoms with Crippen LogP contribution in [0.3, 0.4) is 0 Å². The second-order valence-corrected chi connectivity index (χ2v) is 5.31. The summed E-state index contributed by atoms with van der Waals surface area (Å²) < 4.78 is 4.54. The van der Waals surface area contributed by atoms with Gasteiger partial charge < -0.3 is 10.1 Å². The van der Waals surface area contributed by atoms with Gasteiger partial charge in [-0.15, -0.1) is 24.2 Å². The second kappa shape index (κ2) is 7.97. The summed E-state index contributed by atoms with van der Waals surface area (Å²) >= 11 is 1.59. The number of thioether (sulfide) groups is 1. The summed E-state index contributed by atoms with van der Waals surface area (Å²) in [6.45, 7) is 0. The number of halogens is 1. The summed E-state index contributed by atoms with van der Waals surface area (Å²) in [7, 11) is 1.18. The number of ether oxygens (including phenoxy) is 1. The van der Waals surface area contributed by atoms with Crippen molar-refractivity contribution >= 4 is 47.4 Å².